The highest BCUT2D eigenvalue weighted by atomic mass is 79.9. The van der Waals surface area contributed by atoms with E-state index < -0.39 is 12.1 Å². The number of esters is 1. The molecule has 0 aromatic heterocycles. The van der Waals surface area contributed by atoms with Gasteiger partial charge in [-0.25, -0.2) is 4.79 Å². The molecule has 1 saturated carbocycles. The second kappa shape index (κ2) is 7.86. The molecule has 5 atom stereocenters. The Labute approximate surface area is 182 Å². The molecule has 30 heavy (non-hydrogen) atoms. The van der Waals surface area contributed by atoms with Crippen molar-refractivity contribution in [2.75, 3.05) is 14.2 Å². The lowest BCUT2D eigenvalue weighted by molar-refractivity contribution is -0.148. The highest BCUT2D eigenvalue weighted by Gasteiger charge is 2.59. The van der Waals surface area contributed by atoms with E-state index in [1.807, 2.05) is 12.2 Å². The summed E-state index contributed by atoms with van der Waals surface area (Å²) in [6.07, 6.45) is 5.40. The Morgan fingerprint density at radius 1 is 1.20 bits per heavy atom. The van der Waals surface area contributed by atoms with E-state index >= 15 is 0 Å². The van der Waals surface area contributed by atoms with E-state index in [9.17, 15) is 14.4 Å². The van der Waals surface area contributed by atoms with Crippen LogP contribution in [0.5, 0.6) is 11.5 Å². The number of ether oxygens (including phenoxy) is 3. The number of hydrogen-bond acceptors (Lipinski definition) is 7. The van der Waals surface area contributed by atoms with Crippen LogP contribution in [0.4, 0.5) is 0 Å². The molecule has 2 fully saturated rings. The number of imide groups is 1. The number of nitrogens with zero attached hydrogens (tertiary/aromatic N) is 2. The van der Waals surface area contributed by atoms with Gasteiger partial charge in [0.05, 0.1) is 32.3 Å². The van der Waals surface area contributed by atoms with E-state index in [0.29, 0.717) is 15.8 Å². The van der Waals surface area contributed by atoms with Crippen LogP contribution >= 0.6 is 15.9 Å². The average Bonchev–Trinajstić information content (AvgIpc) is 3.41. The Morgan fingerprint density at radius 2 is 1.83 bits per heavy atom. The maximum atomic E-state index is 12.8. The molecule has 1 saturated heterocycles. The topological polar surface area (TPSA) is 94.5 Å². The Hall–Kier alpha value is -2.68. The zero-order valence-corrected chi connectivity index (χ0v) is 18.3. The Balaban J connectivity index is 1.63. The number of hydrazone groups is 1. The van der Waals surface area contributed by atoms with E-state index in [1.165, 1.54) is 20.4 Å². The van der Waals surface area contributed by atoms with Gasteiger partial charge in [0.25, 0.3) is 11.8 Å². The van der Waals surface area contributed by atoms with Gasteiger partial charge in [0.2, 0.25) is 0 Å². The number of amides is 2. The standard InChI is InChI=1S/C21H21BrN2O6/c1-10(21(27)29-3)30-18-13(7-14(22)8-15(18)28-2)9-23-24-19(25)16-11-4-5-12(6-11)17(16)20(24)26/h4-5,7-12,16-17H,6H2,1-3H3/t10-,11+,12+,16-,17+/m1/s1. The minimum absolute atomic E-state index is 0.113. The summed E-state index contributed by atoms with van der Waals surface area (Å²) in [6, 6.07) is 3.37. The first-order valence-electron chi connectivity index (χ1n) is 9.57. The lowest BCUT2D eigenvalue weighted by Gasteiger charge is -2.18. The molecule has 2 amide bonds. The van der Waals surface area contributed by atoms with E-state index in [1.54, 1.807) is 19.1 Å². The van der Waals surface area contributed by atoms with Crippen LogP contribution in [-0.2, 0) is 19.1 Å². The maximum Gasteiger partial charge on any atom is 0.346 e. The first-order chi connectivity index (χ1) is 14.3. The van der Waals surface area contributed by atoms with E-state index in [0.717, 1.165) is 11.4 Å². The minimum atomic E-state index is -0.895. The monoisotopic (exact) mass is 476 g/mol. The molecule has 2 bridgehead atoms. The van der Waals surface area contributed by atoms with Gasteiger partial charge in [0.15, 0.2) is 17.6 Å². The van der Waals surface area contributed by atoms with Crippen LogP contribution in [0.25, 0.3) is 0 Å². The fraction of sp³-hybridized carbons (Fsp3) is 0.429. The SMILES string of the molecule is COC(=O)[C@@H](C)Oc1c(C=NN2C(=O)[C@@H]3[C@H](C2=O)[C@H]2C=C[C@H]3C2)cc(Br)cc1OC. The van der Waals surface area contributed by atoms with Crippen LogP contribution in [0.2, 0.25) is 0 Å². The second-order valence-electron chi connectivity index (χ2n) is 7.54. The molecule has 1 aromatic carbocycles. The van der Waals surface area contributed by atoms with Crippen molar-refractivity contribution in [1.29, 1.82) is 0 Å². The van der Waals surface area contributed by atoms with Gasteiger partial charge in [0.1, 0.15) is 0 Å². The van der Waals surface area contributed by atoms with Crippen LogP contribution in [0.3, 0.4) is 0 Å². The highest BCUT2D eigenvalue weighted by molar-refractivity contribution is 9.10. The Kier molecular flexibility index (Phi) is 5.40. The highest BCUT2D eigenvalue weighted by Crippen LogP contribution is 2.52. The van der Waals surface area contributed by atoms with Crippen molar-refractivity contribution < 1.29 is 28.6 Å². The van der Waals surface area contributed by atoms with Gasteiger partial charge < -0.3 is 14.2 Å². The van der Waals surface area contributed by atoms with E-state index in [4.69, 9.17) is 14.2 Å². The minimum Gasteiger partial charge on any atom is -0.493 e. The summed E-state index contributed by atoms with van der Waals surface area (Å²) < 4.78 is 16.5. The molecular formula is C21H21BrN2O6. The Morgan fingerprint density at radius 3 is 2.40 bits per heavy atom. The molecule has 1 aliphatic heterocycles. The average molecular weight is 477 g/mol. The molecule has 0 N–H and O–H groups in total. The number of methoxy groups -OCH3 is 2. The fourth-order valence-electron chi connectivity index (χ4n) is 4.47. The van der Waals surface area contributed by atoms with Crippen molar-refractivity contribution in [3.8, 4) is 11.5 Å². The molecule has 2 aliphatic carbocycles. The van der Waals surface area contributed by atoms with Gasteiger partial charge in [-0.05, 0) is 37.3 Å². The van der Waals surface area contributed by atoms with Gasteiger partial charge >= 0.3 is 5.97 Å². The molecule has 3 aliphatic rings. The van der Waals surface area contributed by atoms with Crippen LogP contribution in [0, 0.1) is 23.7 Å². The number of allylic oxidation sites excluding steroid dienone is 2. The summed E-state index contributed by atoms with van der Waals surface area (Å²) in [5, 5.41) is 5.15. The maximum absolute atomic E-state index is 12.8. The lowest BCUT2D eigenvalue weighted by Crippen LogP contribution is -2.28. The molecule has 8 nitrogen and oxygen atoms in total. The third kappa shape index (κ3) is 3.30. The van der Waals surface area contributed by atoms with Gasteiger partial charge in [-0.1, -0.05) is 28.1 Å². The quantitative estimate of drug-likeness (QED) is 0.271. The molecule has 0 unspecified atom stereocenters. The number of carbonyl (C=O) groups is 3. The van der Waals surface area contributed by atoms with E-state index in [-0.39, 0.29) is 41.2 Å². The summed E-state index contributed by atoms with van der Waals surface area (Å²) in [4.78, 5) is 37.4. The van der Waals surface area contributed by atoms with Gasteiger partial charge in [-0.15, -0.1) is 0 Å². The summed E-state index contributed by atoms with van der Waals surface area (Å²) >= 11 is 3.39. The van der Waals surface area contributed by atoms with Crippen LogP contribution in [0.15, 0.2) is 33.9 Å². The lowest BCUT2D eigenvalue weighted by atomic mass is 9.85. The number of hydrogen-bond donors (Lipinski definition) is 0. The second-order valence-corrected chi connectivity index (χ2v) is 8.46. The fourth-order valence-corrected chi connectivity index (χ4v) is 4.93. The zero-order chi connectivity index (χ0) is 21.6. The van der Waals surface area contributed by atoms with Crippen LogP contribution in [-0.4, -0.2) is 49.3 Å². The van der Waals surface area contributed by atoms with Gasteiger partial charge in [-0.3, -0.25) is 9.59 Å². The number of rotatable bonds is 6. The van der Waals surface area contributed by atoms with Crippen molar-refractivity contribution in [1.82, 2.24) is 5.01 Å². The number of halogens is 1. The molecular weight excluding hydrogens is 456 g/mol. The molecule has 0 spiro atoms. The Bertz CT molecular complexity index is 944. The third-order valence-corrected chi connectivity index (χ3v) is 6.31. The molecule has 4 rings (SSSR count). The summed E-state index contributed by atoms with van der Waals surface area (Å²) in [6.45, 7) is 1.55. The zero-order valence-electron chi connectivity index (χ0n) is 16.7. The summed E-state index contributed by atoms with van der Waals surface area (Å²) in [5.74, 6) is -0.902. The molecule has 0 radical (unpaired) electrons. The van der Waals surface area contributed by atoms with Crippen molar-refractivity contribution in [2.45, 2.75) is 19.4 Å². The molecule has 9 heteroatoms. The summed E-state index contributed by atoms with van der Waals surface area (Å²) in [7, 11) is 2.74. The first kappa shape index (κ1) is 20.6. The number of benzene rings is 1. The van der Waals surface area contributed by atoms with E-state index in [2.05, 4.69) is 21.0 Å². The van der Waals surface area contributed by atoms with Crippen LogP contribution < -0.4 is 9.47 Å². The predicted molar refractivity (Wildman–Crippen MR) is 110 cm³/mol. The van der Waals surface area contributed by atoms with Crippen molar-refractivity contribution >= 4 is 39.9 Å². The number of fused-ring (bicyclic) bond motifs is 5. The first-order valence-corrected chi connectivity index (χ1v) is 10.4. The smallest absolute Gasteiger partial charge is 0.346 e. The summed E-state index contributed by atoms with van der Waals surface area (Å²) in [5.41, 5.74) is 0.440. The number of carbonyl (C=O) groups excluding carboxylic acids is 3. The van der Waals surface area contributed by atoms with Gasteiger partial charge in [-0.2, -0.15) is 10.1 Å². The van der Waals surface area contributed by atoms with Crippen molar-refractivity contribution in [3.63, 3.8) is 0 Å². The molecule has 158 valence electrons. The third-order valence-electron chi connectivity index (χ3n) is 5.86. The predicted octanol–water partition coefficient (Wildman–Crippen LogP) is 2.54. The van der Waals surface area contributed by atoms with Gasteiger partial charge in [0, 0.05) is 10.0 Å². The van der Waals surface area contributed by atoms with Crippen molar-refractivity contribution in [2.24, 2.45) is 28.8 Å². The molecule has 1 aromatic rings. The molecule has 1 heterocycles. The van der Waals surface area contributed by atoms with Crippen LogP contribution in [0.1, 0.15) is 18.9 Å². The largest absolute Gasteiger partial charge is 0.493 e. The normalized spacial score (nSPS) is 27.7. The van der Waals surface area contributed by atoms with Crippen molar-refractivity contribution in [3.05, 3.63) is 34.3 Å².